The van der Waals surface area contributed by atoms with Gasteiger partial charge in [-0.3, -0.25) is 0 Å². The van der Waals surface area contributed by atoms with E-state index in [4.69, 9.17) is 0 Å². The molecule has 0 spiro atoms. The van der Waals surface area contributed by atoms with Gasteiger partial charge in [-0.1, -0.05) is 43.7 Å². The van der Waals surface area contributed by atoms with Gasteiger partial charge >= 0.3 is 0 Å². The summed E-state index contributed by atoms with van der Waals surface area (Å²) in [5, 5.41) is 13.5. The Morgan fingerprint density at radius 3 is 2.70 bits per heavy atom. The van der Waals surface area contributed by atoms with Crippen LogP contribution >= 0.6 is 11.8 Å². The fraction of sp³-hybridized carbons (Fsp3) is 0.647. The molecule has 1 saturated carbocycles. The quantitative estimate of drug-likeness (QED) is 0.771. The standard InChI is InChI=1S/C17H27NOS/c1-13(2)18-17(11-19,16-7-8-16)12-20-10-15-6-4-5-14(3)9-15/h4-6,9,13,16,18-19H,7-8,10-12H2,1-3H3. The van der Waals surface area contributed by atoms with Gasteiger partial charge in [0.25, 0.3) is 0 Å². The summed E-state index contributed by atoms with van der Waals surface area (Å²) in [4.78, 5) is 0. The first-order valence-corrected chi connectivity index (χ1v) is 8.73. The maximum atomic E-state index is 9.90. The number of benzene rings is 1. The third-order valence-corrected chi connectivity index (χ3v) is 5.18. The normalized spacial score (nSPS) is 18.2. The average Bonchev–Trinajstić information content (AvgIpc) is 3.21. The zero-order valence-electron chi connectivity index (χ0n) is 12.9. The van der Waals surface area contributed by atoms with Gasteiger partial charge in [0.1, 0.15) is 0 Å². The molecule has 1 aliphatic carbocycles. The van der Waals surface area contributed by atoms with Crippen LogP contribution in [-0.4, -0.2) is 29.0 Å². The maximum Gasteiger partial charge on any atom is 0.0624 e. The van der Waals surface area contributed by atoms with Crippen LogP contribution in [0.4, 0.5) is 0 Å². The highest BCUT2D eigenvalue weighted by molar-refractivity contribution is 7.98. The number of aliphatic hydroxyl groups excluding tert-OH is 1. The Morgan fingerprint density at radius 1 is 1.40 bits per heavy atom. The van der Waals surface area contributed by atoms with Crippen LogP contribution in [0.3, 0.4) is 0 Å². The molecule has 2 nitrogen and oxygen atoms in total. The van der Waals surface area contributed by atoms with Gasteiger partial charge in [0, 0.05) is 17.5 Å². The lowest BCUT2D eigenvalue weighted by Crippen LogP contribution is -2.55. The Bertz CT molecular complexity index is 431. The highest BCUT2D eigenvalue weighted by Crippen LogP contribution is 2.41. The summed E-state index contributed by atoms with van der Waals surface area (Å²) < 4.78 is 0. The van der Waals surface area contributed by atoms with E-state index in [0.717, 1.165) is 11.5 Å². The Kier molecular flexibility index (Phi) is 5.53. The number of hydrogen-bond acceptors (Lipinski definition) is 3. The maximum absolute atomic E-state index is 9.90. The fourth-order valence-electron chi connectivity index (χ4n) is 2.86. The lowest BCUT2D eigenvalue weighted by atomic mass is 9.95. The Hall–Kier alpha value is -0.510. The van der Waals surface area contributed by atoms with E-state index in [1.165, 1.54) is 24.0 Å². The van der Waals surface area contributed by atoms with Crippen LogP contribution in [0.5, 0.6) is 0 Å². The molecular formula is C17H27NOS. The molecule has 0 radical (unpaired) electrons. The van der Waals surface area contributed by atoms with Crippen LogP contribution in [0.1, 0.15) is 37.8 Å². The van der Waals surface area contributed by atoms with Gasteiger partial charge in [-0.25, -0.2) is 0 Å². The molecule has 1 aromatic rings. The summed E-state index contributed by atoms with van der Waals surface area (Å²) in [6, 6.07) is 9.12. The highest BCUT2D eigenvalue weighted by Gasteiger charge is 2.44. The summed E-state index contributed by atoms with van der Waals surface area (Å²) in [5.41, 5.74) is 2.61. The predicted octanol–water partition coefficient (Wildman–Crippen LogP) is 3.37. The number of thioether (sulfide) groups is 1. The molecule has 2 N–H and O–H groups in total. The Morgan fingerprint density at radius 2 is 2.15 bits per heavy atom. The van der Waals surface area contributed by atoms with Gasteiger partial charge in [-0.2, -0.15) is 11.8 Å². The van der Waals surface area contributed by atoms with E-state index < -0.39 is 0 Å². The topological polar surface area (TPSA) is 32.3 Å². The monoisotopic (exact) mass is 293 g/mol. The number of rotatable bonds is 8. The van der Waals surface area contributed by atoms with Crippen molar-refractivity contribution in [3.63, 3.8) is 0 Å². The molecule has 3 heteroatoms. The largest absolute Gasteiger partial charge is 0.394 e. The average molecular weight is 293 g/mol. The van der Waals surface area contributed by atoms with Crippen LogP contribution in [0, 0.1) is 12.8 Å². The Balaban J connectivity index is 1.91. The van der Waals surface area contributed by atoms with Gasteiger partial charge in [0.2, 0.25) is 0 Å². The molecule has 0 aliphatic heterocycles. The molecule has 0 amide bonds. The molecule has 0 bridgehead atoms. The van der Waals surface area contributed by atoms with E-state index in [2.05, 4.69) is 50.4 Å². The third-order valence-electron chi connectivity index (χ3n) is 3.93. The smallest absolute Gasteiger partial charge is 0.0624 e. The van der Waals surface area contributed by atoms with Gasteiger partial charge in [0.05, 0.1) is 12.1 Å². The zero-order valence-corrected chi connectivity index (χ0v) is 13.7. The van der Waals surface area contributed by atoms with E-state index in [1.807, 2.05) is 11.8 Å². The predicted molar refractivity (Wildman–Crippen MR) is 88.2 cm³/mol. The first-order chi connectivity index (χ1) is 9.55. The minimum atomic E-state index is -0.0807. The fourth-order valence-corrected chi connectivity index (χ4v) is 4.15. The molecular weight excluding hydrogens is 266 g/mol. The summed E-state index contributed by atoms with van der Waals surface area (Å²) in [5.74, 6) is 2.66. The van der Waals surface area contributed by atoms with Crippen molar-refractivity contribution in [3.8, 4) is 0 Å². The molecule has 1 unspecified atom stereocenters. The molecule has 0 heterocycles. The van der Waals surface area contributed by atoms with Crippen LogP contribution in [0.25, 0.3) is 0 Å². The lowest BCUT2D eigenvalue weighted by molar-refractivity contribution is 0.150. The second-order valence-electron chi connectivity index (χ2n) is 6.37. The second kappa shape index (κ2) is 6.97. The van der Waals surface area contributed by atoms with E-state index in [9.17, 15) is 5.11 Å². The van der Waals surface area contributed by atoms with Crippen molar-refractivity contribution in [1.82, 2.24) is 5.32 Å². The highest BCUT2D eigenvalue weighted by atomic mass is 32.2. The zero-order chi connectivity index (χ0) is 14.6. The minimum Gasteiger partial charge on any atom is -0.394 e. The van der Waals surface area contributed by atoms with Crippen molar-refractivity contribution >= 4 is 11.8 Å². The first-order valence-electron chi connectivity index (χ1n) is 7.57. The number of hydrogen-bond donors (Lipinski definition) is 2. The minimum absolute atomic E-state index is 0.0807. The van der Waals surface area contributed by atoms with Gasteiger partial charge in [0.15, 0.2) is 0 Å². The molecule has 2 rings (SSSR count). The molecule has 1 aliphatic rings. The Labute approximate surface area is 127 Å². The van der Waals surface area contributed by atoms with Crippen molar-refractivity contribution in [3.05, 3.63) is 35.4 Å². The summed E-state index contributed by atoms with van der Waals surface area (Å²) in [7, 11) is 0. The number of nitrogens with one attached hydrogen (secondary N) is 1. The van der Waals surface area contributed by atoms with Crippen molar-refractivity contribution in [2.24, 2.45) is 5.92 Å². The summed E-state index contributed by atoms with van der Waals surface area (Å²) in [6.07, 6.45) is 2.51. The van der Waals surface area contributed by atoms with Crippen LogP contribution in [0.2, 0.25) is 0 Å². The van der Waals surface area contributed by atoms with Gasteiger partial charge in [-0.15, -0.1) is 0 Å². The van der Waals surface area contributed by atoms with Crippen LogP contribution in [0.15, 0.2) is 24.3 Å². The van der Waals surface area contributed by atoms with E-state index in [1.54, 1.807) is 0 Å². The van der Waals surface area contributed by atoms with Crippen molar-refractivity contribution in [2.45, 2.75) is 50.9 Å². The summed E-state index contributed by atoms with van der Waals surface area (Å²) >= 11 is 1.93. The van der Waals surface area contributed by atoms with Crippen molar-refractivity contribution in [2.75, 3.05) is 12.4 Å². The first kappa shape index (κ1) is 15.9. The van der Waals surface area contributed by atoms with Crippen LogP contribution < -0.4 is 5.32 Å². The lowest BCUT2D eigenvalue weighted by Gasteiger charge is -2.35. The van der Waals surface area contributed by atoms with E-state index in [-0.39, 0.29) is 12.1 Å². The third kappa shape index (κ3) is 4.24. The molecule has 1 fully saturated rings. The molecule has 1 aromatic carbocycles. The van der Waals surface area contributed by atoms with Gasteiger partial charge < -0.3 is 10.4 Å². The van der Waals surface area contributed by atoms with E-state index in [0.29, 0.717) is 12.0 Å². The van der Waals surface area contributed by atoms with Crippen molar-refractivity contribution < 1.29 is 5.11 Å². The summed E-state index contributed by atoms with van der Waals surface area (Å²) in [6.45, 7) is 6.71. The van der Waals surface area contributed by atoms with Crippen molar-refractivity contribution in [1.29, 1.82) is 0 Å². The van der Waals surface area contributed by atoms with Crippen LogP contribution in [-0.2, 0) is 5.75 Å². The SMILES string of the molecule is Cc1cccc(CSCC(CO)(NC(C)C)C2CC2)c1. The molecule has 20 heavy (non-hydrogen) atoms. The molecule has 0 aromatic heterocycles. The molecule has 0 saturated heterocycles. The number of aliphatic hydroxyl groups is 1. The number of aryl methyl sites for hydroxylation is 1. The van der Waals surface area contributed by atoms with Gasteiger partial charge in [-0.05, 0) is 31.2 Å². The molecule has 112 valence electrons. The molecule has 1 atom stereocenters. The second-order valence-corrected chi connectivity index (χ2v) is 7.36. The van der Waals surface area contributed by atoms with E-state index >= 15 is 0 Å².